The minimum absolute atomic E-state index is 0. The number of fused-ring (bicyclic) bond motifs is 1. The molecule has 0 aromatic heterocycles. The Hall–Kier alpha value is -8.34. The summed E-state index contributed by atoms with van der Waals surface area (Å²) in [4.78, 5) is 140. The SMILES string of the molecule is C.C#[N+]c1ccc(Cl)cc1.CC[C@@H](C)C(=O)N[C@H]1CO[C@H]2CCC(C(=O)Nc3ccc(Cl)cc3)N2C1=O.COC(C)CCC(CC(=O)[C@H](CO)NC(=O)[C@H](C)N(C)C(=O)OC(C)(C)C)C(=O)Nc1ccc(Cl)cc1.COC(CCC=O)OC.C[C@@H](C(=O)N[C@@H](CO)C(=O)O)N(C)C(=O)OC(C)(C)C.N.OCC(F)(F)F. The summed E-state index contributed by atoms with van der Waals surface area (Å²) in [6.45, 7) is 20.7. The van der Waals surface area contributed by atoms with Gasteiger partial charge in [0.1, 0.15) is 66.6 Å². The third-order valence-corrected chi connectivity index (χ3v) is 16.3. The van der Waals surface area contributed by atoms with Crippen LogP contribution in [0, 0.1) is 18.4 Å². The highest BCUT2D eigenvalue weighted by atomic mass is 35.5. The number of nitrogens with one attached hydrogen (secondary N) is 5. The van der Waals surface area contributed by atoms with Crippen molar-refractivity contribution in [1.82, 2.24) is 36.8 Å². The van der Waals surface area contributed by atoms with Crippen molar-refractivity contribution < 1.29 is 115 Å². The number of aliphatic hydroxyl groups excluding tert-OH is 3. The summed E-state index contributed by atoms with van der Waals surface area (Å²) in [5.41, 5.74) is 0.431. The normalized spacial score (nSPS) is 16.0. The largest absolute Gasteiger partial charge is 0.480 e. The van der Waals surface area contributed by atoms with E-state index in [4.69, 9.17) is 85.1 Å². The van der Waals surface area contributed by atoms with Crippen LogP contribution in [0.2, 0.25) is 15.1 Å². The Morgan fingerprint density at radius 3 is 1.50 bits per heavy atom. The van der Waals surface area contributed by atoms with Crippen molar-refractivity contribution in [1.29, 1.82) is 0 Å². The van der Waals surface area contributed by atoms with Gasteiger partial charge in [0.2, 0.25) is 35.4 Å². The fourth-order valence-corrected chi connectivity index (χ4v) is 9.13. The summed E-state index contributed by atoms with van der Waals surface area (Å²) < 4.78 is 62.6. The molecule has 2 aliphatic rings. The second kappa shape index (κ2) is 53.5. The summed E-state index contributed by atoms with van der Waals surface area (Å²) in [7, 11) is 7.44. The zero-order valence-electron chi connectivity index (χ0n) is 64.4. The Morgan fingerprint density at radius 2 is 1.12 bits per heavy atom. The number of benzene rings is 3. The zero-order chi connectivity index (χ0) is 83.0. The average Bonchev–Trinajstić information content (AvgIpc) is 1.61. The number of aldehydes is 1. The topological polar surface area (TPSA) is 433 Å². The first-order chi connectivity index (χ1) is 50.3. The van der Waals surface area contributed by atoms with Gasteiger partial charge in [-0.25, -0.2) is 14.4 Å². The molecule has 110 heavy (non-hydrogen) atoms. The molecule has 2 saturated heterocycles. The van der Waals surface area contributed by atoms with Gasteiger partial charge in [0, 0.05) is 105 Å². The Labute approximate surface area is 656 Å². The van der Waals surface area contributed by atoms with E-state index in [0.717, 1.165) is 21.8 Å². The number of aliphatic hydroxyl groups is 3. The van der Waals surface area contributed by atoms with E-state index in [1.807, 2.05) is 20.8 Å². The van der Waals surface area contributed by atoms with E-state index in [2.05, 4.69) is 31.4 Å². The number of ketones is 1. The fraction of sp³-hybridized carbons (Fsp3) is 0.589. The van der Waals surface area contributed by atoms with Crippen LogP contribution in [0.5, 0.6) is 0 Å². The number of alkyl halides is 3. The third-order valence-electron chi connectivity index (χ3n) is 15.6. The van der Waals surface area contributed by atoms with E-state index >= 15 is 0 Å². The van der Waals surface area contributed by atoms with Gasteiger partial charge in [0.05, 0.1) is 25.9 Å². The molecule has 2 fully saturated rings. The van der Waals surface area contributed by atoms with E-state index < -0.39 is 121 Å². The zero-order valence-corrected chi connectivity index (χ0v) is 66.7. The van der Waals surface area contributed by atoms with Crippen molar-refractivity contribution in [3.05, 3.63) is 92.7 Å². The molecule has 0 saturated carbocycles. The number of carboxylic acid groups (broad SMARTS) is 1. The van der Waals surface area contributed by atoms with Crippen molar-refractivity contribution in [2.75, 3.05) is 72.5 Å². The standard InChI is InChI=1S/C26H40ClN3O7.C19H24ClN3O4.C12H22N2O6.C7H5ClN.C6H12O3.C2H3F3O.CH4.H3N/c1-16(36-7)8-9-18(24(34)28-20-12-10-19(27)11-13-20)14-22(32)21(15-31)29-23(33)17(2)30(6)25(35)37-26(3,4)5;1-3-11(2)17(24)22-14-10-27-16-9-8-15(23(16)19(14)26)18(25)21-13-6-4-12(20)5-7-13;1-7(9(16)13-8(6-15)10(17)18)14(5)11(19)20-12(2,3)4;1-9-7-4-2-6(8)3-5-7;1-8-6(9-2)4-3-5-7;3-2(4,5)1-6;;/h10-13,16-18,21,31H,8-9,14-15H2,1-7H3,(H,28,34)(H,29,33);4-7,11,14-16H,3,8-10H2,1-2H3,(H,21,25)(H,22,24);7-8,15H,6H2,1-5H3,(H,13,16)(H,17,18);1-5H;5-6H,3-4H2,1-2H3;6H,1H2;1H4;1H3/q;;;+1;;;;/t16?,17-,18?,21-;11-,14+,15?,16+;7-,8-;;;;;/m010...../s1. The molecule has 3 aromatic rings. The molecule has 10 atom stereocenters. The molecule has 0 spiro atoms. The number of carbonyl (C=O) groups excluding carboxylic acids is 10. The molecule has 3 unspecified atom stereocenters. The number of amides is 8. The number of Topliss-reactive ketones (excluding diaryl/α,β-unsaturated/α-hetero) is 1. The van der Waals surface area contributed by atoms with E-state index in [1.54, 1.807) is 136 Å². The van der Waals surface area contributed by atoms with Crippen molar-refractivity contribution in [2.24, 2.45) is 11.8 Å². The minimum Gasteiger partial charge on any atom is -0.480 e. The van der Waals surface area contributed by atoms with Crippen molar-refractivity contribution >= 4 is 118 Å². The number of methoxy groups -OCH3 is 3. The number of hydrogen-bond donors (Lipinski definition) is 10. The van der Waals surface area contributed by atoms with Gasteiger partial charge in [-0.05, 0) is 160 Å². The predicted molar refractivity (Wildman–Crippen MR) is 410 cm³/mol. The highest BCUT2D eigenvalue weighted by Gasteiger charge is 2.48. The lowest BCUT2D eigenvalue weighted by molar-refractivity contribution is -0.166. The number of halogens is 6. The molecule has 3 aromatic carbocycles. The second-order valence-electron chi connectivity index (χ2n) is 26.4. The van der Waals surface area contributed by atoms with Crippen LogP contribution in [-0.2, 0) is 71.6 Å². The van der Waals surface area contributed by atoms with Crippen molar-refractivity contribution in [3.8, 4) is 6.57 Å². The molecule has 2 aliphatic heterocycles. The molecule has 37 heteroatoms. The number of aliphatic carboxylic acids is 1. The molecule has 12 N–H and O–H groups in total. The third kappa shape index (κ3) is 42.2. The van der Waals surface area contributed by atoms with Gasteiger partial charge in [-0.2, -0.15) is 13.2 Å². The van der Waals surface area contributed by atoms with Gasteiger partial charge in [0.25, 0.3) is 6.57 Å². The molecule has 0 bridgehead atoms. The number of anilines is 2. The maximum atomic E-state index is 13.0. The van der Waals surface area contributed by atoms with Crippen molar-refractivity contribution in [3.63, 3.8) is 0 Å². The average molecular weight is 1630 g/mol. The highest BCUT2D eigenvalue weighted by Crippen LogP contribution is 2.31. The number of likely N-dealkylation sites (N-methyl/N-ethyl adjacent to an activating group) is 2. The summed E-state index contributed by atoms with van der Waals surface area (Å²) in [5.74, 6) is -5.21. The molecule has 2 heterocycles. The maximum absolute atomic E-state index is 13.0. The maximum Gasteiger partial charge on any atom is 0.411 e. The van der Waals surface area contributed by atoms with Crippen LogP contribution in [0.4, 0.5) is 39.8 Å². The lowest BCUT2D eigenvalue weighted by atomic mass is 9.92. The number of nitrogens with zero attached hydrogens (tertiary/aromatic N) is 4. The first-order valence-corrected chi connectivity index (χ1v) is 35.2. The molecule has 0 radical (unpaired) electrons. The number of carbonyl (C=O) groups is 11. The summed E-state index contributed by atoms with van der Waals surface area (Å²) in [6.07, 6.45) is -2.13. The van der Waals surface area contributed by atoms with Crippen LogP contribution in [0.15, 0.2) is 72.8 Å². The molecular weight excluding hydrogens is 1520 g/mol. The lowest BCUT2D eigenvalue weighted by Crippen LogP contribution is -2.61. The smallest absolute Gasteiger partial charge is 0.411 e. The molecule has 5 rings (SSSR count). The molecule has 8 amide bonds. The number of ether oxygens (including phenoxy) is 6. The lowest BCUT2D eigenvalue weighted by Gasteiger charge is -2.37. The first kappa shape index (κ1) is 106. The van der Waals surface area contributed by atoms with Gasteiger partial charge < -0.3 is 91.3 Å². The quantitative estimate of drug-likeness (QED) is 0.0238. The number of rotatable bonds is 28. The number of carboxylic acids is 1. The van der Waals surface area contributed by atoms with Crippen LogP contribution < -0.4 is 32.7 Å². The second-order valence-corrected chi connectivity index (χ2v) is 27.7. The summed E-state index contributed by atoms with van der Waals surface area (Å²) in [5, 5.41) is 49.4. The number of hydrogen-bond acceptors (Lipinski definition) is 21. The highest BCUT2D eigenvalue weighted by molar-refractivity contribution is 6.31. The van der Waals surface area contributed by atoms with Crippen LogP contribution in [0.1, 0.15) is 135 Å². The van der Waals surface area contributed by atoms with Gasteiger partial charge in [-0.3, -0.25) is 43.4 Å². The van der Waals surface area contributed by atoms with E-state index in [-0.39, 0.29) is 68.5 Å². The molecular formula is C73H113Cl3F3N10O21+. The molecule has 622 valence electrons. The van der Waals surface area contributed by atoms with Gasteiger partial charge in [-0.15, -0.1) is 0 Å². The Balaban J connectivity index is -0.00000137. The van der Waals surface area contributed by atoms with E-state index in [0.29, 0.717) is 71.4 Å². The van der Waals surface area contributed by atoms with Crippen LogP contribution in [-0.4, -0.2) is 235 Å². The van der Waals surface area contributed by atoms with Crippen LogP contribution >= 0.6 is 34.8 Å². The van der Waals surface area contributed by atoms with Crippen LogP contribution in [0.3, 0.4) is 0 Å². The van der Waals surface area contributed by atoms with Gasteiger partial charge in [-0.1, -0.05) is 56.1 Å². The molecule has 31 nitrogen and oxygen atoms in total. The van der Waals surface area contributed by atoms with Crippen molar-refractivity contribution in [2.45, 2.75) is 207 Å². The van der Waals surface area contributed by atoms with E-state index in [1.165, 1.54) is 32.8 Å². The Bertz CT molecular complexity index is 3350. The Morgan fingerprint density at radius 1 is 0.682 bits per heavy atom. The summed E-state index contributed by atoms with van der Waals surface area (Å²) >= 11 is 17.3. The van der Waals surface area contributed by atoms with Gasteiger partial charge >= 0.3 is 30.0 Å². The summed E-state index contributed by atoms with van der Waals surface area (Å²) in [6, 6.07) is 14.4. The fourth-order valence-electron chi connectivity index (χ4n) is 8.76. The predicted octanol–water partition coefficient (Wildman–Crippen LogP) is 10.2. The Kier molecular flexibility index (Phi) is 51.5. The first-order valence-electron chi connectivity index (χ1n) is 34.0. The van der Waals surface area contributed by atoms with Crippen LogP contribution in [0.25, 0.3) is 4.85 Å². The van der Waals surface area contributed by atoms with Gasteiger partial charge in [0.15, 0.2) is 12.1 Å². The monoisotopic (exact) mass is 1630 g/mol. The molecule has 0 aliphatic carbocycles. The minimum atomic E-state index is -4.40. The van der Waals surface area contributed by atoms with E-state index in [9.17, 15) is 71.0 Å².